The molecule has 1 amide bonds. The molecule has 1 aromatic rings. The minimum atomic E-state index is -3.87. The van der Waals surface area contributed by atoms with Crippen molar-refractivity contribution in [3.8, 4) is 11.1 Å². The number of halogens is 1. The van der Waals surface area contributed by atoms with Crippen molar-refractivity contribution < 1.29 is 23.1 Å². The number of carboxylic acids is 1. The fraction of sp³-hybridized carbons (Fsp3) is 0.217. The van der Waals surface area contributed by atoms with Crippen LogP contribution in [0.5, 0.6) is 0 Å². The fourth-order valence-electron chi connectivity index (χ4n) is 3.26. The van der Waals surface area contributed by atoms with E-state index in [9.17, 15) is 23.1 Å². The zero-order valence-corrected chi connectivity index (χ0v) is 19.1. The van der Waals surface area contributed by atoms with E-state index in [-0.39, 0.29) is 22.9 Å². The van der Waals surface area contributed by atoms with Gasteiger partial charge in [0.25, 0.3) is 0 Å². The van der Waals surface area contributed by atoms with Gasteiger partial charge in [-0.3, -0.25) is 4.79 Å². The topological polar surface area (TPSA) is 113 Å². The zero-order valence-electron chi connectivity index (χ0n) is 17.6. The molecule has 0 saturated heterocycles. The predicted molar refractivity (Wildman–Crippen MR) is 123 cm³/mol. The summed E-state index contributed by atoms with van der Waals surface area (Å²) >= 11 is 5.77. The Hall–Kier alpha value is -2.94. The Morgan fingerprint density at radius 3 is 2.22 bits per heavy atom. The molecule has 0 aromatic heterocycles. The van der Waals surface area contributed by atoms with Crippen LogP contribution < -0.4 is 10.0 Å². The molecule has 1 aromatic carbocycles. The van der Waals surface area contributed by atoms with Crippen molar-refractivity contribution in [1.82, 2.24) is 10.0 Å². The second-order valence-electron chi connectivity index (χ2n) is 7.59. The van der Waals surface area contributed by atoms with E-state index in [0.29, 0.717) is 16.1 Å². The molecule has 0 atom stereocenters. The van der Waals surface area contributed by atoms with Crippen LogP contribution in [0.3, 0.4) is 0 Å². The normalized spacial score (nSPS) is 11.6. The molecule has 9 heteroatoms. The molecule has 0 fully saturated rings. The highest BCUT2D eigenvalue weighted by Crippen LogP contribution is 2.33. The Morgan fingerprint density at radius 1 is 1.00 bits per heavy atom. The first-order chi connectivity index (χ1) is 15.1. The number of fused-ring (bicyclic) bond motifs is 1. The fourth-order valence-corrected chi connectivity index (χ4v) is 4.37. The van der Waals surface area contributed by atoms with Crippen LogP contribution in [0.25, 0.3) is 11.1 Å². The van der Waals surface area contributed by atoms with Crippen molar-refractivity contribution in [2.24, 2.45) is 0 Å². The summed E-state index contributed by atoms with van der Waals surface area (Å²) in [5.41, 5.74) is 3.15. The summed E-state index contributed by atoms with van der Waals surface area (Å²) in [4.78, 5) is 23.9. The van der Waals surface area contributed by atoms with Gasteiger partial charge in [-0.25, -0.2) is 17.9 Å². The third-order valence-electron chi connectivity index (χ3n) is 5.05. The third-order valence-corrected chi connectivity index (χ3v) is 6.72. The molecular weight excluding hydrogens is 452 g/mol. The van der Waals surface area contributed by atoms with Gasteiger partial charge in [0.2, 0.25) is 15.9 Å². The summed E-state index contributed by atoms with van der Waals surface area (Å²) in [5, 5.41) is 12.6. The van der Waals surface area contributed by atoms with Gasteiger partial charge in [0.05, 0.1) is 17.0 Å². The Morgan fingerprint density at radius 2 is 1.62 bits per heavy atom. The summed E-state index contributed by atoms with van der Waals surface area (Å²) < 4.78 is 26.8. The van der Waals surface area contributed by atoms with Crippen LogP contribution in [0, 0.1) is 0 Å². The highest BCUT2D eigenvalue weighted by molar-refractivity contribution is 7.89. The van der Waals surface area contributed by atoms with Crippen LogP contribution in [-0.2, 0) is 21.4 Å². The highest BCUT2D eigenvalue weighted by atomic mass is 35.5. The lowest BCUT2D eigenvalue weighted by atomic mass is 10.1. The van der Waals surface area contributed by atoms with Gasteiger partial charge < -0.3 is 10.4 Å². The maximum atomic E-state index is 12.3. The summed E-state index contributed by atoms with van der Waals surface area (Å²) in [6, 6.07) is 14.6. The maximum absolute atomic E-state index is 12.3. The Kier molecular flexibility index (Phi) is 7.18. The van der Waals surface area contributed by atoms with E-state index in [1.807, 2.05) is 32.0 Å². The first kappa shape index (κ1) is 23.7. The molecule has 0 unspecified atom stereocenters. The summed E-state index contributed by atoms with van der Waals surface area (Å²) in [6.45, 7) is 3.70. The quantitative estimate of drug-likeness (QED) is 0.459. The number of benzene rings is 1. The predicted octanol–water partition coefficient (Wildman–Crippen LogP) is 3.86. The number of carbonyl (C=O) groups is 2. The lowest BCUT2D eigenvalue weighted by Gasteiger charge is -2.08. The van der Waals surface area contributed by atoms with Gasteiger partial charge in [0, 0.05) is 11.6 Å². The first-order valence-corrected chi connectivity index (χ1v) is 11.8. The molecule has 3 N–H and O–H groups in total. The third kappa shape index (κ3) is 5.45. The molecule has 168 valence electrons. The number of carbonyl (C=O) groups excluding carboxylic acids is 1. The first-order valence-electron chi connectivity index (χ1n) is 9.89. The number of carboxylic acid groups (broad SMARTS) is 1. The molecule has 7 nitrogen and oxygen atoms in total. The molecule has 0 spiro atoms. The lowest BCUT2D eigenvalue weighted by molar-refractivity contribution is -0.120. The standard InChI is InChI=1S/C23H23ClN2O5S/c1-14(2)15-3-9-19-16(11-21(23(28)29)20(19)10-4-15)12-25-22(27)13-26-32(30,31)18-7-5-17(24)6-8-18/h3-11,14,26H,12-13H2,1-2H3,(H,25,27)(H,28,29). The summed E-state index contributed by atoms with van der Waals surface area (Å²) in [6.07, 6.45) is 0. The Labute approximate surface area is 191 Å². The highest BCUT2D eigenvalue weighted by Gasteiger charge is 2.21. The van der Waals surface area contributed by atoms with Gasteiger partial charge in [-0.05, 0) is 58.5 Å². The number of hydrogen-bond donors (Lipinski definition) is 3. The van der Waals surface area contributed by atoms with Crippen LogP contribution in [0.15, 0.2) is 59.5 Å². The largest absolute Gasteiger partial charge is 0.478 e. The summed E-state index contributed by atoms with van der Waals surface area (Å²) in [7, 11) is -3.87. The number of nitrogens with one attached hydrogen (secondary N) is 2. The van der Waals surface area contributed by atoms with E-state index in [1.165, 1.54) is 30.3 Å². The van der Waals surface area contributed by atoms with Crippen molar-refractivity contribution in [1.29, 1.82) is 0 Å². The van der Waals surface area contributed by atoms with Crippen molar-refractivity contribution in [2.75, 3.05) is 6.54 Å². The average molecular weight is 475 g/mol. The number of sulfonamides is 1. The van der Waals surface area contributed by atoms with Crippen LogP contribution in [-0.4, -0.2) is 31.9 Å². The number of rotatable bonds is 8. The molecule has 2 aliphatic carbocycles. The van der Waals surface area contributed by atoms with E-state index in [0.717, 1.165) is 11.1 Å². The van der Waals surface area contributed by atoms with Crippen molar-refractivity contribution in [3.63, 3.8) is 0 Å². The summed E-state index contributed by atoms with van der Waals surface area (Å²) in [5.74, 6) is -1.32. The van der Waals surface area contributed by atoms with Crippen LogP contribution >= 0.6 is 11.6 Å². The van der Waals surface area contributed by atoms with Crippen molar-refractivity contribution in [2.45, 2.75) is 31.2 Å². The zero-order chi connectivity index (χ0) is 23.5. The molecule has 0 heterocycles. The minimum Gasteiger partial charge on any atom is -0.478 e. The van der Waals surface area contributed by atoms with E-state index in [2.05, 4.69) is 10.0 Å². The van der Waals surface area contributed by atoms with E-state index in [1.54, 1.807) is 6.07 Å². The average Bonchev–Trinajstić information content (AvgIpc) is 2.93. The molecule has 0 bridgehead atoms. The maximum Gasteiger partial charge on any atom is 0.336 e. The van der Waals surface area contributed by atoms with Gasteiger partial charge in [-0.15, -0.1) is 0 Å². The Bertz CT molecular complexity index is 1220. The Balaban J connectivity index is 1.72. The van der Waals surface area contributed by atoms with Gasteiger partial charge in [0.15, 0.2) is 0 Å². The van der Waals surface area contributed by atoms with E-state index < -0.39 is 28.4 Å². The van der Waals surface area contributed by atoms with Crippen LogP contribution in [0.4, 0.5) is 0 Å². The van der Waals surface area contributed by atoms with Gasteiger partial charge in [-0.2, -0.15) is 0 Å². The lowest BCUT2D eigenvalue weighted by Crippen LogP contribution is -2.36. The van der Waals surface area contributed by atoms with Crippen LogP contribution in [0.1, 0.15) is 41.3 Å². The number of hydrogen-bond acceptors (Lipinski definition) is 4. The monoisotopic (exact) mass is 474 g/mol. The SMILES string of the molecule is CC(C)c1ccc2c(CNC(=O)CNS(=O)(=O)c3ccc(Cl)cc3)cc(C(=O)O)c-2cc1. The van der Waals surface area contributed by atoms with Crippen molar-refractivity contribution in [3.05, 3.63) is 76.3 Å². The van der Waals surface area contributed by atoms with E-state index >= 15 is 0 Å². The van der Waals surface area contributed by atoms with Gasteiger partial charge in [-0.1, -0.05) is 49.7 Å². The van der Waals surface area contributed by atoms with Crippen LogP contribution in [0.2, 0.25) is 5.02 Å². The molecule has 32 heavy (non-hydrogen) atoms. The van der Waals surface area contributed by atoms with Gasteiger partial charge >= 0.3 is 5.97 Å². The van der Waals surface area contributed by atoms with Gasteiger partial charge in [0.1, 0.15) is 0 Å². The van der Waals surface area contributed by atoms with E-state index in [4.69, 9.17) is 11.6 Å². The smallest absolute Gasteiger partial charge is 0.336 e. The molecule has 2 aliphatic rings. The molecular formula is C23H23ClN2O5S. The molecule has 0 aliphatic heterocycles. The minimum absolute atomic E-state index is 0.00344. The number of amides is 1. The van der Waals surface area contributed by atoms with Crippen molar-refractivity contribution >= 4 is 33.5 Å². The second kappa shape index (κ2) is 9.68. The number of aromatic carboxylic acids is 1. The molecule has 3 rings (SSSR count). The molecule has 0 radical (unpaired) electrons. The molecule has 0 saturated carbocycles. The second-order valence-corrected chi connectivity index (χ2v) is 9.80.